The van der Waals surface area contributed by atoms with Crippen LogP contribution in [0, 0.1) is 6.92 Å². The summed E-state index contributed by atoms with van der Waals surface area (Å²) in [6.45, 7) is 10.1. The molecule has 0 aromatic heterocycles. The average Bonchev–Trinajstić information content (AvgIpc) is 2.15. The van der Waals surface area contributed by atoms with Crippen molar-refractivity contribution in [3.05, 3.63) is 23.3 Å². The average molecular weight is 206 g/mol. The monoisotopic (exact) mass is 206 g/mol. The second-order valence-electron chi connectivity index (χ2n) is 5.06. The van der Waals surface area contributed by atoms with Crippen LogP contribution in [-0.4, -0.2) is 13.2 Å². The van der Waals surface area contributed by atoms with Crippen molar-refractivity contribution < 1.29 is 9.47 Å². The van der Waals surface area contributed by atoms with Gasteiger partial charge in [0, 0.05) is 0 Å². The zero-order valence-electron chi connectivity index (χ0n) is 9.89. The molecule has 15 heavy (non-hydrogen) atoms. The van der Waals surface area contributed by atoms with E-state index in [0.29, 0.717) is 13.2 Å². The van der Waals surface area contributed by atoms with Gasteiger partial charge in [-0.3, -0.25) is 0 Å². The summed E-state index contributed by atoms with van der Waals surface area (Å²) in [4.78, 5) is 0. The zero-order valence-corrected chi connectivity index (χ0v) is 9.89. The van der Waals surface area contributed by atoms with Gasteiger partial charge in [-0.05, 0) is 35.6 Å². The standard InChI is InChI=1S/C13H18O2/c1-9-7-11-12(15-6-5-14-11)8-10(9)13(2,3)4/h7-8H,5-6H2,1-4H3. The zero-order chi connectivity index (χ0) is 11.1. The summed E-state index contributed by atoms with van der Waals surface area (Å²) in [5.41, 5.74) is 2.75. The van der Waals surface area contributed by atoms with E-state index < -0.39 is 0 Å². The molecule has 0 N–H and O–H groups in total. The molecular formula is C13H18O2. The van der Waals surface area contributed by atoms with Gasteiger partial charge in [0.15, 0.2) is 11.5 Å². The van der Waals surface area contributed by atoms with Crippen molar-refractivity contribution in [1.82, 2.24) is 0 Å². The van der Waals surface area contributed by atoms with Crippen molar-refractivity contribution in [2.45, 2.75) is 33.1 Å². The summed E-state index contributed by atoms with van der Waals surface area (Å²) < 4.78 is 11.1. The first-order chi connectivity index (χ1) is 6.98. The Morgan fingerprint density at radius 2 is 1.53 bits per heavy atom. The molecule has 0 spiro atoms. The lowest BCUT2D eigenvalue weighted by atomic mass is 9.84. The third-order valence-corrected chi connectivity index (χ3v) is 2.70. The SMILES string of the molecule is Cc1cc2c(cc1C(C)(C)C)OCCO2. The third-order valence-electron chi connectivity index (χ3n) is 2.70. The molecule has 1 heterocycles. The Bertz CT molecular complexity index is 375. The van der Waals surface area contributed by atoms with Gasteiger partial charge in [0.05, 0.1) is 0 Å². The highest BCUT2D eigenvalue weighted by Crippen LogP contribution is 2.37. The highest BCUT2D eigenvalue weighted by Gasteiger charge is 2.21. The smallest absolute Gasteiger partial charge is 0.161 e. The molecule has 2 heteroatoms. The Morgan fingerprint density at radius 1 is 1.00 bits per heavy atom. The largest absolute Gasteiger partial charge is 0.486 e. The molecule has 2 rings (SSSR count). The fraction of sp³-hybridized carbons (Fsp3) is 0.538. The quantitative estimate of drug-likeness (QED) is 0.649. The predicted octanol–water partition coefficient (Wildman–Crippen LogP) is 3.06. The van der Waals surface area contributed by atoms with Crippen LogP contribution in [0.2, 0.25) is 0 Å². The van der Waals surface area contributed by atoms with Gasteiger partial charge in [-0.15, -0.1) is 0 Å². The molecule has 0 aliphatic carbocycles. The van der Waals surface area contributed by atoms with Crippen LogP contribution in [0.15, 0.2) is 12.1 Å². The van der Waals surface area contributed by atoms with E-state index in [2.05, 4.69) is 39.8 Å². The van der Waals surface area contributed by atoms with Crippen molar-refractivity contribution in [1.29, 1.82) is 0 Å². The Morgan fingerprint density at radius 3 is 2.07 bits per heavy atom. The third kappa shape index (κ3) is 1.94. The molecule has 0 saturated carbocycles. The van der Waals surface area contributed by atoms with Gasteiger partial charge < -0.3 is 9.47 Å². The van der Waals surface area contributed by atoms with Crippen LogP contribution in [0.1, 0.15) is 31.9 Å². The summed E-state index contributed by atoms with van der Waals surface area (Å²) in [6, 6.07) is 4.19. The summed E-state index contributed by atoms with van der Waals surface area (Å²) in [6.07, 6.45) is 0. The number of rotatable bonds is 0. The van der Waals surface area contributed by atoms with Crippen LogP contribution in [0.3, 0.4) is 0 Å². The van der Waals surface area contributed by atoms with E-state index in [1.54, 1.807) is 0 Å². The van der Waals surface area contributed by atoms with Crippen molar-refractivity contribution in [2.75, 3.05) is 13.2 Å². The Labute approximate surface area is 91.2 Å². The van der Waals surface area contributed by atoms with Crippen LogP contribution >= 0.6 is 0 Å². The van der Waals surface area contributed by atoms with Gasteiger partial charge in [-0.2, -0.15) is 0 Å². The molecule has 0 atom stereocenters. The van der Waals surface area contributed by atoms with Crippen molar-refractivity contribution in [2.24, 2.45) is 0 Å². The molecule has 1 aromatic rings. The molecular weight excluding hydrogens is 188 g/mol. The minimum Gasteiger partial charge on any atom is -0.486 e. The second kappa shape index (κ2) is 3.44. The number of hydrogen-bond donors (Lipinski definition) is 0. The minimum absolute atomic E-state index is 0.153. The molecule has 1 aliphatic heterocycles. The van der Waals surface area contributed by atoms with Crippen LogP contribution in [-0.2, 0) is 5.41 Å². The van der Waals surface area contributed by atoms with E-state index >= 15 is 0 Å². The maximum absolute atomic E-state index is 5.59. The lowest BCUT2D eigenvalue weighted by Gasteiger charge is -2.26. The van der Waals surface area contributed by atoms with Gasteiger partial charge >= 0.3 is 0 Å². The van der Waals surface area contributed by atoms with Crippen molar-refractivity contribution in [3.8, 4) is 11.5 Å². The maximum Gasteiger partial charge on any atom is 0.161 e. The van der Waals surface area contributed by atoms with Gasteiger partial charge in [0.2, 0.25) is 0 Å². The highest BCUT2D eigenvalue weighted by atomic mass is 16.6. The first-order valence-electron chi connectivity index (χ1n) is 5.39. The lowest BCUT2D eigenvalue weighted by molar-refractivity contribution is 0.171. The molecule has 0 unspecified atom stereocenters. The summed E-state index contributed by atoms with van der Waals surface area (Å²) in [7, 11) is 0. The molecule has 1 aromatic carbocycles. The molecule has 82 valence electrons. The van der Waals surface area contributed by atoms with Crippen LogP contribution in [0.4, 0.5) is 0 Å². The highest BCUT2D eigenvalue weighted by molar-refractivity contribution is 5.49. The lowest BCUT2D eigenvalue weighted by Crippen LogP contribution is -2.18. The van der Waals surface area contributed by atoms with E-state index in [0.717, 1.165) is 11.5 Å². The van der Waals surface area contributed by atoms with Crippen molar-refractivity contribution >= 4 is 0 Å². The van der Waals surface area contributed by atoms with Gasteiger partial charge in [-0.1, -0.05) is 20.8 Å². The summed E-state index contributed by atoms with van der Waals surface area (Å²) in [5, 5.41) is 0. The number of hydrogen-bond acceptors (Lipinski definition) is 2. The van der Waals surface area contributed by atoms with E-state index in [1.165, 1.54) is 11.1 Å². The first kappa shape index (κ1) is 10.3. The van der Waals surface area contributed by atoms with Crippen molar-refractivity contribution in [3.63, 3.8) is 0 Å². The number of aryl methyl sites for hydroxylation is 1. The normalized spacial score (nSPS) is 15.2. The molecule has 0 bridgehead atoms. The maximum atomic E-state index is 5.59. The first-order valence-corrected chi connectivity index (χ1v) is 5.39. The Kier molecular flexibility index (Phi) is 2.37. The Balaban J connectivity index is 2.50. The number of fused-ring (bicyclic) bond motifs is 1. The van der Waals surface area contributed by atoms with E-state index in [4.69, 9.17) is 9.47 Å². The number of benzene rings is 1. The number of ether oxygens (including phenoxy) is 2. The van der Waals surface area contributed by atoms with E-state index in [1.807, 2.05) is 0 Å². The topological polar surface area (TPSA) is 18.5 Å². The van der Waals surface area contributed by atoms with E-state index in [-0.39, 0.29) is 5.41 Å². The Hall–Kier alpha value is -1.18. The molecule has 0 radical (unpaired) electrons. The summed E-state index contributed by atoms with van der Waals surface area (Å²) >= 11 is 0. The molecule has 0 fully saturated rings. The van der Waals surface area contributed by atoms with Gasteiger partial charge in [0.1, 0.15) is 13.2 Å². The fourth-order valence-electron chi connectivity index (χ4n) is 2.00. The molecule has 0 saturated heterocycles. The molecule has 2 nitrogen and oxygen atoms in total. The molecule has 1 aliphatic rings. The van der Waals surface area contributed by atoms with Crippen LogP contribution in [0.5, 0.6) is 11.5 Å². The van der Waals surface area contributed by atoms with Gasteiger partial charge in [-0.25, -0.2) is 0 Å². The van der Waals surface area contributed by atoms with Crippen LogP contribution < -0.4 is 9.47 Å². The minimum atomic E-state index is 0.153. The fourth-order valence-corrected chi connectivity index (χ4v) is 2.00. The molecule has 0 amide bonds. The second-order valence-corrected chi connectivity index (χ2v) is 5.06. The predicted molar refractivity (Wildman–Crippen MR) is 60.9 cm³/mol. The van der Waals surface area contributed by atoms with Crippen LogP contribution in [0.25, 0.3) is 0 Å². The van der Waals surface area contributed by atoms with Gasteiger partial charge in [0.25, 0.3) is 0 Å². The summed E-state index contributed by atoms with van der Waals surface area (Å²) in [5.74, 6) is 1.77. The van der Waals surface area contributed by atoms with E-state index in [9.17, 15) is 0 Å².